The fraction of sp³-hybridized carbons (Fsp3) is 0.333. The predicted octanol–water partition coefficient (Wildman–Crippen LogP) is 4.29. The summed E-state index contributed by atoms with van der Waals surface area (Å²) in [6.07, 6.45) is 6.36. The molecule has 1 N–H and O–H groups in total. The van der Waals surface area contributed by atoms with E-state index in [1.807, 2.05) is 24.3 Å². The Bertz CT molecular complexity index is 567. The lowest BCUT2D eigenvalue weighted by molar-refractivity contribution is 0.102. The van der Waals surface area contributed by atoms with Gasteiger partial charge in [-0.1, -0.05) is 32.3 Å². The molecule has 1 aromatic carbocycles. The molecule has 1 amide bonds. The topological polar surface area (TPSA) is 51.2 Å². The maximum Gasteiger partial charge on any atom is 0.274 e. The zero-order valence-electron chi connectivity index (χ0n) is 12.9. The second-order valence-corrected chi connectivity index (χ2v) is 5.10. The molecule has 1 heterocycles. The van der Waals surface area contributed by atoms with Crippen molar-refractivity contribution in [1.82, 2.24) is 4.98 Å². The Morgan fingerprint density at radius 3 is 2.59 bits per heavy atom. The number of aromatic nitrogens is 1. The quantitative estimate of drug-likeness (QED) is 0.739. The van der Waals surface area contributed by atoms with Crippen molar-refractivity contribution in [2.75, 3.05) is 11.9 Å². The highest BCUT2D eigenvalue weighted by atomic mass is 16.5. The third-order valence-electron chi connectivity index (χ3n) is 3.28. The lowest BCUT2D eigenvalue weighted by Crippen LogP contribution is -2.13. The van der Waals surface area contributed by atoms with Crippen LogP contribution >= 0.6 is 0 Å². The van der Waals surface area contributed by atoms with Crippen molar-refractivity contribution in [2.24, 2.45) is 0 Å². The summed E-state index contributed by atoms with van der Waals surface area (Å²) in [5, 5.41) is 2.81. The van der Waals surface area contributed by atoms with E-state index in [2.05, 4.69) is 17.2 Å². The SMILES string of the molecule is CCCCCCOc1ccc(NC(=O)c2ccccn2)cc1. The Labute approximate surface area is 131 Å². The number of pyridine rings is 1. The van der Waals surface area contributed by atoms with Gasteiger partial charge in [-0.3, -0.25) is 9.78 Å². The van der Waals surface area contributed by atoms with Crippen LogP contribution in [0.5, 0.6) is 5.75 Å². The summed E-state index contributed by atoms with van der Waals surface area (Å²) >= 11 is 0. The Morgan fingerprint density at radius 1 is 1.09 bits per heavy atom. The maximum absolute atomic E-state index is 12.0. The third-order valence-corrected chi connectivity index (χ3v) is 3.28. The van der Waals surface area contributed by atoms with Gasteiger partial charge in [0.1, 0.15) is 11.4 Å². The molecule has 0 saturated heterocycles. The van der Waals surface area contributed by atoms with Gasteiger partial charge in [0.15, 0.2) is 0 Å². The number of carbonyl (C=O) groups excluding carboxylic acids is 1. The first kappa shape index (κ1) is 16.0. The molecule has 2 aromatic rings. The highest BCUT2D eigenvalue weighted by Gasteiger charge is 2.06. The lowest BCUT2D eigenvalue weighted by Gasteiger charge is -2.08. The van der Waals surface area contributed by atoms with Gasteiger partial charge in [-0.2, -0.15) is 0 Å². The molecule has 0 aliphatic rings. The molecule has 0 spiro atoms. The summed E-state index contributed by atoms with van der Waals surface area (Å²) in [7, 11) is 0. The first-order chi connectivity index (χ1) is 10.8. The monoisotopic (exact) mass is 298 g/mol. The van der Waals surface area contributed by atoms with Crippen LogP contribution in [-0.4, -0.2) is 17.5 Å². The second kappa shape index (κ2) is 8.82. The van der Waals surface area contributed by atoms with Crippen LogP contribution in [0.15, 0.2) is 48.7 Å². The number of nitrogens with zero attached hydrogens (tertiary/aromatic N) is 1. The summed E-state index contributed by atoms with van der Waals surface area (Å²) in [6, 6.07) is 12.7. The Balaban J connectivity index is 1.80. The van der Waals surface area contributed by atoms with Crippen LogP contribution in [0.2, 0.25) is 0 Å². The standard InChI is InChI=1S/C18H22N2O2/c1-2-3-4-7-14-22-16-11-9-15(10-12-16)20-18(21)17-8-5-6-13-19-17/h5-6,8-13H,2-4,7,14H2,1H3,(H,20,21). The van der Waals surface area contributed by atoms with Gasteiger partial charge in [0.05, 0.1) is 6.61 Å². The molecule has 0 atom stereocenters. The van der Waals surface area contributed by atoms with Crippen LogP contribution in [0.25, 0.3) is 0 Å². The minimum Gasteiger partial charge on any atom is -0.494 e. The molecule has 0 radical (unpaired) electrons. The normalized spacial score (nSPS) is 10.2. The largest absolute Gasteiger partial charge is 0.494 e. The van der Waals surface area contributed by atoms with Gasteiger partial charge in [0.2, 0.25) is 0 Å². The molecular formula is C18H22N2O2. The first-order valence-electron chi connectivity index (χ1n) is 7.75. The average Bonchev–Trinajstić information content (AvgIpc) is 2.57. The molecule has 0 unspecified atom stereocenters. The van der Waals surface area contributed by atoms with E-state index in [1.165, 1.54) is 19.3 Å². The number of carbonyl (C=O) groups is 1. The minimum atomic E-state index is -0.214. The number of benzene rings is 1. The summed E-state index contributed by atoms with van der Waals surface area (Å²) in [4.78, 5) is 16.0. The minimum absolute atomic E-state index is 0.214. The molecule has 0 saturated carbocycles. The Hall–Kier alpha value is -2.36. The zero-order valence-corrected chi connectivity index (χ0v) is 12.9. The molecule has 0 fully saturated rings. The number of nitrogens with one attached hydrogen (secondary N) is 1. The van der Waals surface area contributed by atoms with E-state index in [4.69, 9.17) is 4.74 Å². The third kappa shape index (κ3) is 5.20. The van der Waals surface area contributed by atoms with Gasteiger partial charge in [0.25, 0.3) is 5.91 Å². The number of unbranched alkanes of at least 4 members (excludes halogenated alkanes) is 3. The highest BCUT2D eigenvalue weighted by molar-refractivity contribution is 6.02. The van der Waals surface area contributed by atoms with Crippen molar-refractivity contribution in [1.29, 1.82) is 0 Å². The van der Waals surface area contributed by atoms with Crippen molar-refractivity contribution in [3.05, 3.63) is 54.4 Å². The van der Waals surface area contributed by atoms with E-state index in [-0.39, 0.29) is 5.91 Å². The maximum atomic E-state index is 12.0. The highest BCUT2D eigenvalue weighted by Crippen LogP contribution is 2.16. The van der Waals surface area contributed by atoms with Gasteiger partial charge in [-0.05, 0) is 42.8 Å². The smallest absolute Gasteiger partial charge is 0.274 e. The fourth-order valence-corrected chi connectivity index (χ4v) is 2.05. The van der Waals surface area contributed by atoms with Crippen LogP contribution in [0.1, 0.15) is 43.1 Å². The van der Waals surface area contributed by atoms with Gasteiger partial charge in [-0.25, -0.2) is 0 Å². The molecule has 0 bridgehead atoms. The molecular weight excluding hydrogens is 276 g/mol. The van der Waals surface area contributed by atoms with E-state index in [0.29, 0.717) is 5.69 Å². The number of rotatable bonds is 8. The van der Waals surface area contributed by atoms with E-state index >= 15 is 0 Å². The summed E-state index contributed by atoms with van der Waals surface area (Å²) < 4.78 is 5.67. The molecule has 116 valence electrons. The fourth-order valence-electron chi connectivity index (χ4n) is 2.05. The zero-order chi connectivity index (χ0) is 15.6. The first-order valence-corrected chi connectivity index (χ1v) is 7.75. The lowest BCUT2D eigenvalue weighted by atomic mass is 10.2. The second-order valence-electron chi connectivity index (χ2n) is 5.10. The van der Waals surface area contributed by atoms with E-state index in [0.717, 1.165) is 24.5 Å². The molecule has 1 aromatic heterocycles. The summed E-state index contributed by atoms with van der Waals surface area (Å²) in [5.74, 6) is 0.612. The molecule has 22 heavy (non-hydrogen) atoms. The van der Waals surface area contributed by atoms with Crippen molar-refractivity contribution in [3.8, 4) is 5.75 Å². The summed E-state index contributed by atoms with van der Waals surface area (Å²) in [5.41, 5.74) is 1.13. The number of ether oxygens (including phenoxy) is 1. The number of anilines is 1. The average molecular weight is 298 g/mol. The van der Waals surface area contributed by atoms with Crippen molar-refractivity contribution < 1.29 is 9.53 Å². The Kier molecular flexibility index (Phi) is 6.42. The molecule has 0 aliphatic carbocycles. The van der Waals surface area contributed by atoms with Crippen molar-refractivity contribution >= 4 is 11.6 Å². The van der Waals surface area contributed by atoms with Crippen molar-refractivity contribution in [3.63, 3.8) is 0 Å². The van der Waals surface area contributed by atoms with Crippen LogP contribution in [0.3, 0.4) is 0 Å². The van der Waals surface area contributed by atoms with E-state index in [1.54, 1.807) is 24.4 Å². The van der Waals surface area contributed by atoms with E-state index in [9.17, 15) is 4.79 Å². The number of hydrogen-bond acceptors (Lipinski definition) is 3. The van der Waals surface area contributed by atoms with Crippen LogP contribution in [0.4, 0.5) is 5.69 Å². The van der Waals surface area contributed by atoms with Gasteiger partial charge in [-0.15, -0.1) is 0 Å². The van der Waals surface area contributed by atoms with Crippen LogP contribution in [0, 0.1) is 0 Å². The molecule has 4 nitrogen and oxygen atoms in total. The molecule has 4 heteroatoms. The molecule has 0 aliphatic heterocycles. The van der Waals surface area contributed by atoms with Crippen LogP contribution in [-0.2, 0) is 0 Å². The molecule has 2 rings (SSSR count). The predicted molar refractivity (Wildman–Crippen MR) is 88.3 cm³/mol. The Morgan fingerprint density at radius 2 is 1.91 bits per heavy atom. The van der Waals surface area contributed by atoms with Gasteiger partial charge >= 0.3 is 0 Å². The summed E-state index contributed by atoms with van der Waals surface area (Å²) in [6.45, 7) is 2.93. The number of hydrogen-bond donors (Lipinski definition) is 1. The van der Waals surface area contributed by atoms with Crippen molar-refractivity contribution in [2.45, 2.75) is 32.6 Å². The van der Waals surface area contributed by atoms with Gasteiger partial charge in [0, 0.05) is 11.9 Å². The number of amides is 1. The van der Waals surface area contributed by atoms with Crippen LogP contribution < -0.4 is 10.1 Å². The van der Waals surface area contributed by atoms with E-state index < -0.39 is 0 Å². The van der Waals surface area contributed by atoms with Gasteiger partial charge < -0.3 is 10.1 Å².